The molecule has 16 heavy (non-hydrogen) atoms. The van der Waals surface area contributed by atoms with E-state index >= 15 is 0 Å². The summed E-state index contributed by atoms with van der Waals surface area (Å²) >= 11 is 0. The normalized spacial score (nSPS) is 10.2. The summed E-state index contributed by atoms with van der Waals surface area (Å²) in [7, 11) is 3.19. The van der Waals surface area contributed by atoms with E-state index in [9.17, 15) is 0 Å². The fraction of sp³-hybridized carbons (Fsp3) is 0.545. The van der Waals surface area contributed by atoms with Crippen molar-refractivity contribution < 1.29 is 14.6 Å². The molecule has 1 rings (SSSR count). The average molecular weight is 226 g/mol. The largest absolute Gasteiger partial charge is 0.493 e. The van der Waals surface area contributed by atoms with E-state index in [1.165, 1.54) is 0 Å². The van der Waals surface area contributed by atoms with Crippen molar-refractivity contribution in [1.29, 1.82) is 0 Å². The van der Waals surface area contributed by atoms with Gasteiger partial charge >= 0.3 is 0 Å². The van der Waals surface area contributed by atoms with Crippen LogP contribution in [0.15, 0.2) is 12.3 Å². The van der Waals surface area contributed by atoms with Gasteiger partial charge < -0.3 is 19.9 Å². The minimum Gasteiger partial charge on any atom is -0.493 e. The third-order valence-corrected chi connectivity index (χ3v) is 2.17. The first-order chi connectivity index (χ1) is 7.83. The summed E-state index contributed by atoms with van der Waals surface area (Å²) in [6.45, 7) is 1.54. The average Bonchev–Trinajstić information content (AvgIpc) is 2.34. The highest BCUT2D eigenvalue weighted by molar-refractivity contribution is 5.42. The Balaban J connectivity index is 2.63. The minimum absolute atomic E-state index is 0.190. The number of pyridine rings is 1. The molecule has 0 saturated heterocycles. The molecule has 0 saturated carbocycles. The van der Waals surface area contributed by atoms with Gasteiger partial charge in [-0.15, -0.1) is 0 Å². The molecule has 0 spiro atoms. The highest BCUT2D eigenvalue weighted by Crippen LogP contribution is 2.28. The first kappa shape index (κ1) is 12.7. The molecule has 5 nitrogen and oxygen atoms in total. The number of nitrogens with one attached hydrogen (secondary N) is 1. The molecule has 1 heterocycles. The van der Waals surface area contributed by atoms with Crippen molar-refractivity contribution >= 4 is 0 Å². The second-order valence-electron chi connectivity index (χ2n) is 3.25. The maximum absolute atomic E-state index is 8.65. The smallest absolute Gasteiger partial charge is 0.183 e. The first-order valence-corrected chi connectivity index (χ1v) is 5.21. The summed E-state index contributed by atoms with van der Waals surface area (Å²) in [5, 5.41) is 11.8. The molecular weight excluding hydrogens is 208 g/mol. The Hall–Kier alpha value is -1.33. The molecule has 1 aromatic rings. The SMILES string of the molecule is COc1ccnc(CNCCCO)c1OC. The molecule has 0 aliphatic carbocycles. The first-order valence-electron chi connectivity index (χ1n) is 5.21. The molecule has 0 aliphatic rings. The zero-order valence-corrected chi connectivity index (χ0v) is 9.69. The zero-order valence-electron chi connectivity index (χ0n) is 9.69. The lowest BCUT2D eigenvalue weighted by atomic mass is 10.3. The third-order valence-electron chi connectivity index (χ3n) is 2.17. The number of hydrogen-bond acceptors (Lipinski definition) is 5. The van der Waals surface area contributed by atoms with Gasteiger partial charge in [-0.3, -0.25) is 4.98 Å². The van der Waals surface area contributed by atoms with Crippen molar-refractivity contribution in [1.82, 2.24) is 10.3 Å². The van der Waals surface area contributed by atoms with Crippen molar-refractivity contribution in [2.45, 2.75) is 13.0 Å². The van der Waals surface area contributed by atoms with Crippen molar-refractivity contribution in [3.8, 4) is 11.5 Å². The lowest BCUT2D eigenvalue weighted by molar-refractivity contribution is 0.285. The lowest BCUT2D eigenvalue weighted by Gasteiger charge is -2.11. The Labute approximate surface area is 95.4 Å². The Kier molecular flexibility index (Phi) is 5.60. The Morgan fingerprint density at radius 3 is 2.81 bits per heavy atom. The molecule has 1 aromatic heterocycles. The molecule has 0 radical (unpaired) electrons. The molecule has 2 N–H and O–H groups in total. The van der Waals surface area contributed by atoms with Crippen molar-refractivity contribution in [3.05, 3.63) is 18.0 Å². The van der Waals surface area contributed by atoms with Crippen molar-refractivity contribution in [2.24, 2.45) is 0 Å². The second kappa shape index (κ2) is 7.03. The number of hydrogen-bond donors (Lipinski definition) is 2. The molecule has 0 fully saturated rings. The number of rotatable bonds is 7. The molecule has 0 aliphatic heterocycles. The van der Waals surface area contributed by atoms with Gasteiger partial charge in [-0.1, -0.05) is 0 Å². The minimum atomic E-state index is 0.190. The van der Waals surface area contributed by atoms with Gasteiger partial charge in [-0.25, -0.2) is 0 Å². The second-order valence-corrected chi connectivity index (χ2v) is 3.25. The molecule has 0 atom stereocenters. The van der Waals surface area contributed by atoms with E-state index in [-0.39, 0.29) is 6.61 Å². The van der Waals surface area contributed by atoms with Crippen molar-refractivity contribution in [2.75, 3.05) is 27.4 Å². The number of aromatic nitrogens is 1. The van der Waals surface area contributed by atoms with E-state index in [0.717, 1.165) is 18.7 Å². The fourth-order valence-electron chi connectivity index (χ4n) is 1.39. The summed E-state index contributed by atoms with van der Waals surface area (Å²) < 4.78 is 10.4. The van der Waals surface area contributed by atoms with Gasteiger partial charge in [0.25, 0.3) is 0 Å². The predicted octanol–water partition coefficient (Wildman–Crippen LogP) is 0.571. The highest BCUT2D eigenvalue weighted by atomic mass is 16.5. The molecule has 0 bridgehead atoms. The third kappa shape index (κ3) is 3.36. The lowest BCUT2D eigenvalue weighted by Crippen LogP contribution is -2.17. The van der Waals surface area contributed by atoms with Gasteiger partial charge in [0.15, 0.2) is 11.5 Å². The zero-order chi connectivity index (χ0) is 11.8. The maximum atomic E-state index is 8.65. The summed E-state index contributed by atoms with van der Waals surface area (Å²) in [5.74, 6) is 1.33. The van der Waals surface area contributed by atoms with Crippen LogP contribution in [0, 0.1) is 0 Å². The van der Waals surface area contributed by atoms with Gasteiger partial charge in [-0.2, -0.15) is 0 Å². The number of methoxy groups -OCH3 is 2. The summed E-state index contributed by atoms with van der Waals surface area (Å²) in [6.07, 6.45) is 2.41. The van der Waals surface area contributed by atoms with E-state index in [2.05, 4.69) is 10.3 Å². The van der Waals surface area contributed by atoms with Gasteiger partial charge in [0, 0.05) is 25.4 Å². The Bertz CT molecular complexity index is 318. The van der Waals surface area contributed by atoms with Crippen LogP contribution in [0.1, 0.15) is 12.1 Å². The Morgan fingerprint density at radius 2 is 2.19 bits per heavy atom. The molecule has 0 unspecified atom stereocenters. The molecular formula is C11H18N2O3. The Morgan fingerprint density at radius 1 is 1.38 bits per heavy atom. The summed E-state index contributed by atoms with van der Waals surface area (Å²) in [5.41, 5.74) is 0.805. The number of aliphatic hydroxyl groups is 1. The van der Waals surface area contributed by atoms with E-state index in [1.807, 2.05) is 0 Å². The van der Waals surface area contributed by atoms with Crippen LogP contribution in [0.5, 0.6) is 11.5 Å². The quantitative estimate of drug-likeness (QED) is 0.665. The summed E-state index contributed by atoms with van der Waals surface area (Å²) in [4.78, 5) is 4.23. The van der Waals surface area contributed by atoms with Crippen molar-refractivity contribution in [3.63, 3.8) is 0 Å². The maximum Gasteiger partial charge on any atom is 0.183 e. The van der Waals surface area contributed by atoms with E-state index in [4.69, 9.17) is 14.6 Å². The summed E-state index contributed by atoms with van der Waals surface area (Å²) in [6, 6.07) is 1.76. The van der Waals surface area contributed by atoms with Crippen LogP contribution in [-0.4, -0.2) is 37.5 Å². The number of nitrogens with zero attached hydrogens (tertiary/aromatic N) is 1. The van der Waals surface area contributed by atoms with Gasteiger partial charge in [0.1, 0.15) is 0 Å². The molecule has 5 heteroatoms. The van der Waals surface area contributed by atoms with E-state index in [0.29, 0.717) is 18.0 Å². The van der Waals surface area contributed by atoms with Crippen LogP contribution < -0.4 is 14.8 Å². The molecule has 0 aromatic carbocycles. The van der Waals surface area contributed by atoms with E-state index in [1.54, 1.807) is 26.5 Å². The standard InChI is InChI=1S/C11H18N2O3/c1-15-10-4-6-13-9(11(10)16-2)8-12-5-3-7-14/h4,6,12,14H,3,5,7-8H2,1-2H3. The van der Waals surface area contributed by atoms with Crippen LogP contribution in [-0.2, 0) is 6.54 Å². The van der Waals surface area contributed by atoms with Crippen LogP contribution in [0.3, 0.4) is 0 Å². The monoisotopic (exact) mass is 226 g/mol. The van der Waals surface area contributed by atoms with Crippen LogP contribution >= 0.6 is 0 Å². The van der Waals surface area contributed by atoms with Gasteiger partial charge in [0.2, 0.25) is 0 Å². The van der Waals surface area contributed by atoms with Crippen LogP contribution in [0.25, 0.3) is 0 Å². The van der Waals surface area contributed by atoms with E-state index < -0.39 is 0 Å². The van der Waals surface area contributed by atoms with Gasteiger partial charge in [-0.05, 0) is 13.0 Å². The molecule has 0 amide bonds. The topological polar surface area (TPSA) is 63.6 Å². The number of aliphatic hydroxyl groups excluding tert-OH is 1. The molecule has 90 valence electrons. The van der Waals surface area contributed by atoms with Crippen LogP contribution in [0.2, 0.25) is 0 Å². The van der Waals surface area contributed by atoms with Crippen LogP contribution in [0.4, 0.5) is 0 Å². The fourth-order valence-corrected chi connectivity index (χ4v) is 1.39. The highest BCUT2D eigenvalue weighted by Gasteiger charge is 2.09. The number of ether oxygens (including phenoxy) is 2. The van der Waals surface area contributed by atoms with Gasteiger partial charge in [0.05, 0.1) is 19.9 Å². The predicted molar refractivity (Wildman–Crippen MR) is 60.8 cm³/mol.